The SMILES string of the molecule is N#CCCc1nc(C2CCCCC2)no1. The Morgan fingerprint density at radius 1 is 1.33 bits per heavy atom. The van der Waals surface area contributed by atoms with Crippen LogP contribution < -0.4 is 0 Å². The Kier molecular flexibility index (Phi) is 3.33. The molecule has 80 valence electrons. The third kappa shape index (κ3) is 2.56. The highest BCUT2D eigenvalue weighted by Crippen LogP contribution is 2.30. The molecule has 0 N–H and O–H groups in total. The summed E-state index contributed by atoms with van der Waals surface area (Å²) < 4.78 is 5.11. The lowest BCUT2D eigenvalue weighted by atomic mass is 9.89. The van der Waals surface area contributed by atoms with Gasteiger partial charge in [-0.15, -0.1) is 0 Å². The number of aryl methyl sites for hydroxylation is 1. The van der Waals surface area contributed by atoms with Crippen molar-refractivity contribution in [1.82, 2.24) is 10.1 Å². The average molecular weight is 205 g/mol. The number of hydrogen-bond acceptors (Lipinski definition) is 4. The predicted molar refractivity (Wildman–Crippen MR) is 54.1 cm³/mol. The summed E-state index contributed by atoms with van der Waals surface area (Å²) in [6.45, 7) is 0. The fraction of sp³-hybridized carbons (Fsp3) is 0.727. The quantitative estimate of drug-likeness (QED) is 0.760. The Morgan fingerprint density at radius 2 is 2.13 bits per heavy atom. The van der Waals surface area contributed by atoms with E-state index in [1.807, 2.05) is 0 Å². The largest absolute Gasteiger partial charge is 0.339 e. The van der Waals surface area contributed by atoms with Gasteiger partial charge in [-0.3, -0.25) is 0 Å². The van der Waals surface area contributed by atoms with Crippen LogP contribution >= 0.6 is 0 Å². The van der Waals surface area contributed by atoms with Gasteiger partial charge in [0.1, 0.15) is 0 Å². The summed E-state index contributed by atoms with van der Waals surface area (Å²) in [6.07, 6.45) is 7.26. The Balaban J connectivity index is 1.96. The molecule has 0 bridgehead atoms. The van der Waals surface area contributed by atoms with E-state index in [9.17, 15) is 0 Å². The summed E-state index contributed by atoms with van der Waals surface area (Å²) in [5, 5.41) is 12.4. The van der Waals surface area contributed by atoms with E-state index in [-0.39, 0.29) is 0 Å². The van der Waals surface area contributed by atoms with Crippen molar-refractivity contribution in [2.45, 2.75) is 50.9 Å². The second-order valence-corrected chi connectivity index (χ2v) is 4.04. The normalized spacial score (nSPS) is 17.5. The molecule has 1 saturated carbocycles. The Hall–Kier alpha value is -1.37. The van der Waals surface area contributed by atoms with Crippen LogP contribution in [0.1, 0.15) is 56.2 Å². The summed E-state index contributed by atoms with van der Waals surface area (Å²) in [5.41, 5.74) is 0. The second-order valence-electron chi connectivity index (χ2n) is 4.04. The molecule has 0 amide bonds. The van der Waals surface area contributed by atoms with Crippen LogP contribution in [0.15, 0.2) is 4.52 Å². The number of nitriles is 1. The fourth-order valence-corrected chi connectivity index (χ4v) is 2.06. The molecule has 0 aromatic carbocycles. The van der Waals surface area contributed by atoms with Crippen LogP contribution in [0.5, 0.6) is 0 Å². The molecule has 0 atom stereocenters. The first kappa shape index (κ1) is 10.2. The van der Waals surface area contributed by atoms with Gasteiger partial charge >= 0.3 is 0 Å². The third-order valence-electron chi connectivity index (χ3n) is 2.90. The maximum atomic E-state index is 8.44. The topological polar surface area (TPSA) is 62.7 Å². The number of aromatic nitrogens is 2. The minimum Gasteiger partial charge on any atom is -0.339 e. The van der Waals surface area contributed by atoms with Crippen molar-refractivity contribution in [1.29, 1.82) is 5.26 Å². The highest BCUT2D eigenvalue weighted by Gasteiger charge is 2.20. The lowest BCUT2D eigenvalue weighted by Gasteiger charge is -2.17. The first-order valence-corrected chi connectivity index (χ1v) is 5.59. The van der Waals surface area contributed by atoms with Gasteiger partial charge in [-0.25, -0.2) is 0 Å². The lowest BCUT2D eigenvalue weighted by Crippen LogP contribution is -2.06. The van der Waals surface area contributed by atoms with Crippen LogP contribution in [0.3, 0.4) is 0 Å². The summed E-state index contributed by atoms with van der Waals surface area (Å²) in [4.78, 5) is 4.34. The van der Waals surface area contributed by atoms with Crippen LogP contribution in [0, 0.1) is 11.3 Å². The van der Waals surface area contributed by atoms with Crippen molar-refractivity contribution in [3.8, 4) is 6.07 Å². The molecule has 0 spiro atoms. The van der Waals surface area contributed by atoms with E-state index in [1.54, 1.807) is 0 Å². The molecule has 1 heterocycles. The van der Waals surface area contributed by atoms with Crippen molar-refractivity contribution in [3.05, 3.63) is 11.7 Å². The number of rotatable bonds is 3. The first-order chi connectivity index (χ1) is 7.40. The van der Waals surface area contributed by atoms with Crippen molar-refractivity contribution in [2.24, 2.45) is 0 Å². The van der Waals surface area contributed by atoms with E-state index in [1.165, 1.54) is 32.1 Å². The van der Waals surface area contributed by atoms with E-state index in [4.69, 9.17) is 9.78 Å². The van der Waals surface area contributed by atoms with Crippen LogP contribution in [-0.4, -0.2) is 10.1 Å². The zero-order valence-electron chi connectivity index (χ0n) is 8.78. The van der Waals surface area contributed by atoms with Crippen LogP contribution in [0.2, 0.25) is 0 Å². The fourth-order valence-electron chi connectivity index (χ4n) is 2.06. The van der Waals surface area contributed by atoms with Crippen molar-refractivity contribution in [2.75, 3.05) is 0 Å². The molecule has 1 aliphatic carbocycles. The van der Waals surface area contributed by atoms with Gasteiger partial charge in [-0.05, 0) is 12.8 Å². The Labute approximate surface area is 89.3 Å². The van der Waals surface area contributed by atoms with Gasteiger partial charge in [-0.2, -0.15) is 10.2 Å². The predicted octanol–water partition coefficient (Wildman–Crippen LogP) is 2.57. The molecule has 0 radical (unpaired) electrons. The smallest absolute Gasteiger partial charge is 0.227 e. The molecule has 0 unspecified atom stereocenters. The maximum absolute atomic E-state index is 8.44. The first-order valence-electron chi connectivity index (χ1n) is 5.59. The van der Waals surface area contributed by atoms with E-state index in [0.29, 0.717) is 24.7 Å². The van der Waals surface area contributed by atoms with Gasteiger partial charge in [-0.1, -0.05) is 24.4 Å². The van der Waals surface area contributed by atoms with Gasteiger partial charge < -0.3 is 4.52 Å². The minimum absolute atomic E-state index is 0.451. The number of nitrogens with zero attached hydrogens (tertiary/aromatic N) is 3. The molecule has 2 rings (SSSR count). The van der Waals surface area contributed by atoms with Crippen molar-refractivity contribution in [3.63, 3.8) is 0 Å². The van der Waals surface area contributed by atoms with E-state index in [2.05, 4.69) is 16.2 Å². The molecule has 1 aromatic heterocycles. The summed E-state index contributed by atoms with van der Waals surface area (Å²) in [6, 6.07) is 2.08. The van der Waals surface area contributed by atoms with Gasteiger partial charge in [0.15, 0.2) is 5.82 Å². The molecular weight excluding hydrogens is 190 g/mol. The molecule has 1 aliphatic rings. The summed E-state index contributed by atoms with van der Waals surface area (Å²) in [7, 11) is 0. The molecular formula is C11H15N3O. The third-order valence-corrected chi connectivity index (χ3v) is 2.90. The highest BCUT2D eigenvalue weighted by atomic mass is 16.5. The minimum atomic E-state index is 0.451. The number of hydrogen-bond donors (Lipinski definition) is 0. The van der Waals surface area contributed by atoms with Crippen molar-refractivity contribution >= 4 is 0 Å². The molecule has 0 saturated heterocycles. The Bertz CT molecular complexity index is 347. The maximum Gasteiger partial charge on any atom is 0.227 e. The molecule has 4 nitrogen and oxygen atoms in total. The zero-order chi connectivity index (χ0) is 10.5. The average Bonchev–Trinajstić information content (AvgIpc) is 2.76. The van der Waals surface area contributed by atoms with Crippen LogP contribution in [0.4, 0.5) is 0 Å². The van der Waals surface area contributed by atoms with Gasteiger partial charge in [0.25, 0.3) is 0 Å². The highest BCUT2D eigenvalue weighted by molar-refractivity contribution is 4.97. The van der Waals surface area contributed by atoms with E-state index < -0.39 is 0 Å². The van der Waals surface area contributed by atoms with E-state index in [0.717, 1.165) is 5.82 Å². The lowest BCUT2D eigenvalue weighted by molar-refractivity contribution is 0.358. The molecule has 15 heavy (non-hydrogen) atoms. The zero-order valence-corrected chi connectivity index (χ0v) is 8.78. The van der Waals surface area contributed by atoms with E-state index >= 15 is 0 Å². The molecule has 1 aromatic rings. The monoisotopic (exact) mass is 205 g/mol. The second kappa shape index (κ2) is 4.92. The molecule has 0 aliphatic heterocycles. The molecule has 1 fully saturated rings. The summed E-state index contributed by atoms with van der Waals surface area (Å²) >= 11 is 0. The van der Waals surface area contributed by atoms with Gasteiger partial charge in [0.2, 0.25) is 5.89 Å². The van der Waals surface area contributed by atoms with Crippen LogP contribution in [-0.2, 0) is 6.42 Å². The standard InChI is InChI=1S/C11H15N3O/c12-8-4-7-10-13-11(14-15-10)9-5-2-1-3-6-9/h9H,1-7H2. The molecule has 4 heteroatoms. The van der Waals surface area contributed by atoms with Crippen LogP contribution in [0.25, 0.3) is 0 Å². The Morgan fingerprint density at radius 3 is 2.87 bits per heavy atom. The summed E-state index contributed by atoms with van der Waals surface area (Å²) in [5.74, 6) is 1.94. The van der Waals surface area contributed by atoms with Gasteiger partial charge in [0, 0.05) is 18.8 Å². The van der Waals surface area contributed by atoms with Gasteiger partial charge in [0.05, 0.1) is 6.07 Å². The van der Waals surface area contributed by atoms with Crippen molar-refractivity contribution < 1.29 is 4.52 Å².